The van der Waals surface area contributed by atoms with Crippen molar-refractivity contribution in [1.29, 1.82) is 0 Å². The van der Waals surface area contributed by atoms with Gasteiger partial charge in [-0.3, -0.25) is 9.67 Å². The first-order valence-electron chi connectivity index (χ1n) is 16.5. The van der Waals surface area contributed by atoms with E-state index in [2.05, 4.69) is 25.0 Å². The number of aliphatic hydroxyl groups excluding tert-OH is 1. The van der Waals surface area contributed by atoms with Crippen LogP contribution in [0.25, 0.3) is 11.3 Å². The van der Waals surface area contributed by atoms with E-state index in [1.54, 1.807) is 4.68 Å². The minimum Gasteiger partial charge on any atom is -0.390 e. The molecule has 3 aliphatic rings. The van der Waals surface area contributed by atoms with Gasteiger partial charge in [-0.05, 0) is 50.9 Å². The number of H-pyrrole nitrogens is 2. The highest BCUT2D eigenvalue weighted by molar-refractivity contribution is 7.99. The molecule has 0 amide bonds. The average molecular weight is 731 g/mol. The fraction of sp³-hybridized carbons (Fsp3) is 0.645. The number of nitrogens with one attached hydrogen (secondary N) is 2. The van der Waals surface area contributed by atoms with Crippen LogP contribution in [0.5, 0.6) is 0 Å². The zero-order valence-corrected chi connectivity index (χ0v) is 28.9. The molecular weight excluding hydrogens is 689 g/mol. The summed E-state index contributed by atoms with van der Waals surface area (Å²) in [6.45, 7) is 3.82. The molecule has 270 valence electrons. The molecule has 49 heavy (non-hydrogen) atoms. The van der Waals surface area contributed by atoms with Gasteiger partial charge in [-0.15, -0.1) is 11.8 Å². The van der Waals surface area contributed by atoms with Crippen molar-refractivity contribution in [3.8, 4) is 11.3 Å². The number of thioether (sulfide) groups is 1. The second-order valence-electron chi connectivity index (χ2n) is 13.2. The van der Waals surface area contributed by atoms with E-state index in [0.29, 0.717) is 86.9 Å². The van der Waals surface area contributed by atoms with E-state index in [4.69, 9.17) is 5.10 Å². The zero-order chi connectivity index (χ0) is 34.9. The molecule has 0 radical (unpaired) electrons. The van der Waals surface area contributed by atoms with E-state index < -0.39 is 34.0 Å². The van der Waals surface area contributed by atoms with Gasteiger partial charge in [0.2, 0.25) is 10.0 Å². The minimum atomic E-state index is -4.58. The maximum atomic E-state index is 14.1. The van der Waals surface area contributed by atoms with Crippen molar-refractivity contribution < 1.29 is 31.1 Å². The largest absolute Gasteiger partial charge is 0.417 e. The molecular formula is C31H42F4N8O4S2. The molecule has 2 saturated heterocycles. The third-order valence-corrected chi connectivity index (χ3v) is 11.9. The van der Waals surface area contributed by atoms with Crippen molar-refractivity contribution in [3.05, 3.63) is 51.3 Å². The lowest BCUT2D eigenvalue weighted by Crippen LogP contribution is -2.40. The molecule has 6 rings (SSSR count). The molecule has 0 aliphatic carbocycles. The number of aromatic amines is 2. The molecule has 2 fully saturated rings. The summed E-state index contributed by atoms with van der Waals surface area (Å²) in [5.74, 6) is 1.14. The van der Waals surface area contributed by atoms with Crippen molar-refractivity contribution in [2.24, 2.45) is 0 Å². The maximum absolute atomic E-state index is 14.1. The second kappa shape index (κ2) is 14.8. The summed E-state index contributed by atoms with van der Waals surface area (Å²) < 4.78 is 83.9. The Bertz CT molecular complexity index is 1760. The van der Waals surface area contributed by atoms with Crippen LogP contribution in [0.4, 0.5) is 17.6 Å². The van der Waals surface area contributed by atoms with E-state index in [9.17, 15) is 35.9 Å². The van der Waals surface area contributed by atoms with Gasteiger partial charge in [0.15, 0.2) is 0 Å². The molecule has 3 N–H and O–H groups in total. The number of hydrogen-bond acceptors (Lipinski definition) is 9. The molecule has 0 saturated carbocycles. The topological polar surface area (TPSA) is 143 Å². The third-order valence-electron chi connectivity index (χ3n) is 9.66. The fourth-order valence-corrected chi connectivity index (χ4v) is 8.89. The monoisotopic (exact) mass is 730 g/mol. The predicted octanol–water partition coefficient (Wildman–Crippen LogP) is 3.06. The summed E-state index contributed by atoms with van der Waals surface area (Å²) in [7, 11) is -3.55. The molecule has 5 heterocycles. The summed E-state index contributed by atoms with van der Waals surface area (Å²) in [4.78, 5) is 18.4. The highest BCUT2D eigenvalue weighted by Crippen LogP contribution is 2.40. The van der Waals surface area contributed by atoms with Crippen molar-refractivity contribution in [2.75, 3.05) is 57.8 Å². The molecule has 18 heteroatoms. The molecule has 0 bridgehead atoms. The summed E-state index contributed by atoms with van der Waals surface area (Å²) in [6.07, 6.45) is -2.37. The van der Waals surface area contributed by atoms with Gasteiger partial charge in [-0.1, -0.05) is 6.07 Å². The highest BCUT2D eigenvalue weighted by Gasteiger charge is 2.35. The molecule has 2 aromatic heterocycles. The number of benzene rings is 1. The number of hydrogen-bond donors (Lipinski definition) is 3. The lowest BCUT2D eigenvalue weighted by atomic mass is 9.96. The molecule has 12 nitrogen and oxygen atoms in total. The van der Waals surface area contributed by atoms with Crippen molar-refractivity contribution >= 4 is 21.8 Å². The highest BCUT2D eigenvalue weighted by atomic mass is 32.2. The number of aromatic nitrogens is 5. The molecule has 0 spiro atoms. The fourth-order valence-electron chi connectivity index (χ4n) is 6.99. The summed E-state index contributed by atoms with van der Waals surface area (Å²) in [6, 6.07) is 3.89. The zero-order valence-electron chi connectivity index (χ0n) is 27.3. The van der Waals surface area contributed by atoms with Gasteiger partial charge < -0.3 is 14.9 Å². The number of rotatable bonds is 11. The second-order valence-corrected chi connectivity index (χ2v) is 16.3. The molecule has 1 aromatic carbocycles. The summed E-state index contributed by atoms with van der Waals surface area (Å²) in [5.41, 5.74) is 1.10. The summed E-state index contributed by atoms with van der Waals surface area (Å²) >= 11 is 1.09. The van der Waals surface area contributed by atoms with Crippen molar-refractivity contribution in [1.82, 2.24) is 39.1 Å². The molecule has 3 aromatic rings. The lowest BCUT2D eigenvalue weighted by Gasteiger charge is -2.32. The number of sulfonamides is 1. The first kappa shape index (κ1) is 36.0. The van der Waals surface area contributed by atoms with Crippen LogP contribution >= 0.6 is 11.8 Å². The van der Waals surface area contributed by atoms with Gasteiger partial charge in [0.25, 0.3) is 0 Å². The van der Waals surface area contributed by atoms with Crippen LogP contribution in [-0.4, -0.2) is 123 Å². The number of alkyl halides is 4. The Hall–Kier alpha value is -2.77. The van der Waals surface area contributed by atoms with E-state index in [-0.39, 0.29) is 36.1 Å². The molecule has 3 aliphatic heterocycles. The Morgan fingerprint density at radius 2 is 1.78 bits per heavy atom. The van der Waals surface area contributed by atoms with E-state index >= 15 is 0 Å². The third kappa shape index (κ3) is 8.76. The minimum absolute atomic E-state index is 0.0242. The predicted molar refractivity (Wildman–Crippen MR) is 177 cm³/mol. The van der Waals surface area contributed by atoms with E-state index in [0.717, 1.165) is 42.6 Å². The Balaban J connectivity index is 1.21. The van der Waals surface area contributed by atoms with Gasteiger partial charge in [-0.2, -0.15) is 27.7 Å². The Kier molecular flexibility index (Phi) is 10.9. The van der Waals surface area contributed by atoms with Crippen molar-refractivity contribution in [3.63, 3.8) is 0 Å². The number of aliphatic hydroxyl groups is 1. The normalized spacial score (nSPS) is 20.1. The van der Waals surface area contributed by atoms with Gasteiger partial charge in [-0.25, -0.2) is 22.7 Å². The Morgan fingerprint density at radius 1 is 1.06 bits per heavy atom. The van der Waals surface area contributed by atoms with Crippen LogP contribution in [0.2, 0.25) is 0 Å². The SMILES string of the molecule is CS(=O)(=O)N1CCc2c(c(-c3ccc(C(F)(F)F)c(SCCN4CCC(F)CC4)c3)nn2CC(O)CN2CCC(c3n[nH]c(=O)[nH]3)CC2)C1. The van der Waals surface area contributed by atoms with Crippen molar-refractivity contribution in [2.45, 2.75) is 74.5 Å². The van der Waals surface area contributed by atoms with Gasteiger partial charge in [0.05, 0.1) is 30.2 Å². The maximum Gasteiger partial charge on any atom is 0.417 e. The number of fused-ring (bicyclic) bond motifs is 1. The van der Waals surface area contributed by atoms with Crippen LogP contribution < -0.4 is 5.69 Å². The number of nitrogens with zero attached hydrogens (tertiary/aromatic N) is 6. The Morgan fingerprint density at radius 3 is 2.43 bits per heavy atom. The van der Waals surface area contributed by atoms with Gasteiger partial charge in [0.1, 0.15) is 12.0 Å². The van der Waals surface area contributed by atoms with Crippen LogP contribution in [0.3, 0.4) is 0 Å². The lowest BCUT2D eigenvalue weighted by molar-refractivity contribution is -0.139. The first-order valence-corrected chi connectivity index (χ1v) is 19.4. The van der Waals surface area contributed by atoms with Gasteiger partial charge in [0, 0.05) is 79.1 Å². The number of piperidine rings is 2. The van der Waals surface area contributed by atoms with E-state index in [1.165, 1.54) is 16.4 Å². The van der Waals surface area contributed by atoms with Crippen LogP contribution in [-0.2, 0) is 35.7 Å². The number of halogens is 4. The number of β-amino-alcohol motifs (C(OH)–C–C–N with tert-alkyl or cyclic N) is 1. The smallest absolute Gasteiger partial charge is 0.390 e. The molecule has 1 atom stereocenters. The first-order chi connectivity index (χ1) is 23.2. The van der Waals surface area contributed by atoms with E-state index in [1.807, 2.05) is 0 Å². The van der Waals surface area contributed by atoms with Crippen LogP contribution in [0.1, 0.15) is 54.2 Å². The standard InChI is InChI=1S/C31H42F4N8O4S2/c1-49(46,47)42-13-8-26-24(19-42)28(39-43(26)18-23(44)17-41-9-4-20(5-10-41)29-36-30(45)38-37-29)21-2-3-25(31(33,34)35)27(16-21)48-15-14-40-11-6-22(32)7-12-40/h2-3,16,20,22-23,44H,4-15,17-19H2,1H3,(H2,36,37,38,45). The van der Waals surface area contributed by atoms with Crippen LogP contribution in [0.15, 0.2) is 27.9 Å². The van der Waals surface area contributed by atoms with Crippen LogP contribution in [0, 0.1) is 0 Å². The quantitative estimate of drug-likeness (QED) is 0.201. The van der Waals surface area contributed by atoms with Gasteiger partial charge >= 0.3 is 11.9 Å². The summed E-state index contributed by atoms with van der Waals surface area (Å²) in [5, 5.41) is 22.4. The average Bonchev–Trinajstić information content (AvgIpc) is 3.64. The number of likely N-dealkylation sites (tertiary alicyclic amines) is 2. The molecule has 1 unspecified atom stereocenters. The Labute approximate surface area is 286 Å².